The number of nitrogens with one attached hydrogen (secondary N) is 3. The molecule has 0 aromatic heterocycles. The molecule has 5 atom stereocenters. The third-order valence-corrected chi connectivity index (χ3v) is 4.40. The molecule has 0 spiro atoms. The quantitative estimate of drug-likeness (QED) is 0.124. The van der Waals surface area contributed by atoms with Crippen LogP contribution in [0, 0.1) is 5.92 Å². The number of hydrogen-bond acceptors (Lipinski definition) is 8. The molecule has 0 heterocycles. The summed E-state index contributed by atoms with van der Waals surface area (Å²) in [6.45, 7) is 4.64. The van der Waals surface area contributed by atoms with Crippen molar-refractivity contribution in [1.82, 2.24) is 16.0 Å². The molecular weight excluding hydrogens is 444 g/mol. The lowest BCUT2D eigenvalue weighted by Gasteiger charge is -2.26. The number of carbonyl (C=O) groups is 6. The first kappa shape index (κ1) is 29.7. The van der Waals surface area contributed by atoms with Crippen LogP contribution in [0.4, 0.5) is 0 Å². The lowest BCUT2D eigenvalue weighted by atomic mass is 10.0. The summed E-state index contributed by atoms with van der Waals surface area (Å²) in [6.07, 6.45) is -3.13. The van der Waals surface area contributed by atoms with Crippen molar-refractivity contribution in [2.24, 2.45) is 11.7 Å². The molecule has 9 N–H and O–H groups in total. The van der Waals surface area contributed by atoms with Crippen molar-refractivity contribution in [1.29, 1.82) is 0 Å². The molecule has 0 bridgehead atoms. The largest absolute Gasteiger partial charge is 0.481 e. The van der Waals surface area contributed by atoms with Gasteiger partial charge in [-0.3, -0.25) is 24.0 Å². The summed E-state index contributed by atoms with van der Waals surface area (Å²) in [5.41, 5.74) is 5.44. The average Bonchev–Trinajstić information content (AvgIpc) is 2.66. The zero-order valence-corrected chi connectivity index (χ0v) is 18.6. The second kappa shape index (κ2) is 14.0. The van der Waals surface area contributed by atoms with E-state index in [1.54, 1.807) is 13.8 Å². The number of carboxylic acids is 3. The van der Waals surface area contributed by atoms with Gasteiger partial charge in [0, 0.05) is 6.42 Å². The summed E-state index contributed by atoms with van der Waals surface area (Å²) >= 11 is 0. The fraction of sp³-hybridized carbons (Fsp3) is 0.684. The first-order valence-corrected chi connectivity index (χ1v) is 10.2. The van der Waals surface area contributed by atoms with E-state index >= 15 is 0 Å². The lowest BCUT2D eigenvalue weighted by Crippen LogP contribution is -2.60. The van der Waals surface area contributed by atoms with Crippen molar-refractivity contribution in [3.05, 3.63) is 0 Å². The monoisotopic (exact) mass is 476 g/mol. The Hall–Kier alpha value is -3.26. The number of rotatable bonds is 15. The number of aliphatic hydroxyl groups is 1. The van der Waals surface area contributed by atoms with E-state index in [2.05, 4.69) is 16.0 Å². The Kier molecular flexibility index (Phi) is 12.6. The Morgan fingerprint density at radius 2 is 1.33 bits per heavy atom. The highest BCUT2D eigenvalue weighted by Gasteiger charge is 2.33. The summed E-state index contributed by atoms with van der Waals surface area (Å²) in [7, 11) is 0. The smallest absolute Gasteiger partial charge is 0.326 e. The van der Waals surface area contributed by atoms with Gasteiger partial charge in [-0.25, -0.2) is 4.79 Å². The van der Waals surface area contributed by atoms with E-state index in [9.17, 15) is 39.0 Å². The van der Waals surface area contributed by atoms with Crippen LogP contribution >= 0.6 is 0 Å². The topological polar surface area (TPSA) is 245 Å². The number of carboxylic acid groups (broad SMARTS) is 3. The van der Waals surface area contributed by atoms with Gasteiger partial charge in [0.15, 0.2) is 0 Å². The van der Waals surface area contributed by atoms with Gasteiger partial charge >= 0.3 is 17.9 Å². The molecule has 0 aromatic carbocycles. The van der Waals surface area contributed by atoms with Crippen molar-refractivity contribution in [2.45, 2.75) is 76.7 Å². The Bertz CT molecular complexity index is 740. The summed E-state index contributed by atoms with van der Waals surface area (Å²) in [5.74, 6) is -7.16. The van der Waals surface area contributed by atoms with Crippen LogP contribution in [-0.4, -0.2) is 86.3 Å². The Morgan fingerprint density at radius 1 is 0.788 bits per heavy atom. The third kappa shape index (κ3) is 11.8. The second-order valence-corrected chi connectivity index (χ2v) is 7.95. The highest BCUT2D eigenvalue weighted by atomic mass is 16.4. The summed E-state index contributed by atoms with van der Waals surface area (Å²) in [6, 6.07) is -5.95. The molecule has 0 rings (SSSR count). The van der Waals surface area contributed by atoms with Gasteiger partial charge in [0.25, 0.3) is 0 Å². The minimum absolute atomic E-state index is 0.0836. The lowest BCUT2D eigenvalue weighted by molar-refractivity contribution is -0.143. The highest BCUT2D eigenvalue weighted by Crippen LogP contribution is 2.07. The summed E-state index contributed by atoms with van der Waals surface area (Å²) in [4.78, 5) is 70.3. The van der Waals surface area contributed by atoms with Gasteiger partial charge in [0.05, 0.1) is 18.6 Å². The van der Waals surface area contributed by atoms with Gasteiger partial charge in [-0.1, -0.05) is 13.8 Å². The van der Waals surface area contributed by atoms with Crippen molar-refractivity contribution < 1.29 is 49.2 Å². The zero-order valence-electron chi connectivity index (χ0n) is 18.6. The molecule has 3 amide bonds. The molecule has 188 valence electrons. The number of carbonyl (C=O) groups excluding carboxylic acids is 3. The number of aliphatic hydroxyl groups excluding tert-OH is 1. The Balaban J connectivity index is 5.50. The van der Waals surface area contributed by atoms with Crippen LogP contribution < -0.4 is 21.7 Å². The van der Waals surface area contributed by atoms with Crippen LogP contribution in [0.2, 0.25) is 0 Å². The molecule has 0 aliphatic heterocycles. The number of aliphatic carboxylic acids is 3. The molecule has 0 saturated carbocycles. The van der Waals surface area contributed by atoms with Crippen molar-refractivity contribution in [2.75, 3.05) is 0 Å². The summed E-state index contributed by atoms with van der Waals surface area (Å²) in [5, 5.41) is 43.4. The molecule has 0 aliphatic rings. The van der Waals surface area contributed by atoms with Crippen LogP contribution in [0.15, 0.2) is 0 Å². The number of amides is 3. The Morgan fingerprint density at radius 3 is 1.76 bits per heavy atom. The van der Waals surface area contributed by atoms with E-state index in [1.807, 2.05) is 0 Å². The second-order valence-electron chi connectivity index (χ2n) is 7.95. The first-order chi connectivity index (χ1) is 15.1. The van der Waals surface area contributed by atoms with Crippen LogP contribution in [0.5, 0.6) is 0 Å². The molecule has 0 fully saturated rings. The molecule has 0 aliphatic carbocycles. The molecule has 0 aromatic rings. The van der Waals surface area contributed by atoms with Crippen LogP contribution in [0.25, 0.3) is 0 Å². The normalized spacial score (nSPS) is 15.5. The minimum Gasteiger partial charge on any atom is -0.481 e. The van der Waals surface area contributed by atoms with Crippen molar-refractivity contribution >= 4 is 35.6 Å². The van der Waals surface area contributed by atoms with Crippen LogP contribution in [0.3, 0.4) is 0 Å². The van der Waals surface area contributed by atoms with E-state index in [4.69, 9.17) is 15.9 Å². The molecule has 5 unspecified atom stereocenters. The van der Waals surface area contributed by atoms with E-state index in [1.165, 1.54) is 0 Å². The summed E-state index contributed by atoms with van der Waals surface area (Å²) < 4.78 is 0. The third-order valence-electron chi connectivity index (χ3n) is 4.40. The van der Waals surface area contributed by atoms with E-state index in [0.717, 1.165) is 6.92 Å². The SMILES string of the molecule is CC(C)CC(NC(=O)C(NC(=O)C(CCC(=O)O)NC(=O)C(N)CC(=O)O)C(C)O)C(=O)O. The van der Waals surface area contributed by atoms with Gasteiger partial charge < -0.3 is 42.1 Å². The molecule has 0 saturated heterocycles. The first-order valence-electron chi connectivity index (χ1n) is 10.2. The van der Waals surface area contributed by atoms with E-state index < -0.39 is 85.2 Å². The van der Waals surface area contributed by atoms with Gasteiger partial charge in [-0.05, 0) is 25.7 Å². The predicted molar refractivity (Wildman–Crippen MR) is 112 cm³/mol. The predicted octanol–water partition coefficient (Wildman–Crippen LogP) is -2.38. The highest BCUT2D eigenvalue weighted by molar-refractivity contribution is 5.95. The van der Waals surface area contributed by atoms with Gasteiger partial charge in [0.2, 0.25) is 17.7 Å². The van der Waals surface area contributed by atoms with Crippen molar-refractivity contribution in [3.8, 4) is 0 Å². The average molecular weight is 476 g/mol. The van der Waals surface area contributed by atoms with Gasteiger partial charge in [-0.15, -0.1) is 0 Å². The zero-order chi connectivity index (χ0) is 25.9. The number of nitrogens with two attached hydrogens (primary N) is 1. The van der Waals surface area contributed by atoms with Crippen molar-refractivity contribution in [3.63, 3.8) is 0 Å². The molecule has 33 heavy (non-hydrogen) atoms. The fourth-order valence-corrected chi connectivity index (χ4v) is 2.71. The molecular formula is C19H32N4O10. The minimum atomic E-state index is -1.62. The molecule has 14 heteroatoms. The van der Waals surface area contributed by atoms with Crippen LogP contribution in [0.1, 0.15) is 46.5 Å². The standard InChI is InChI=1S/C19H32N4O10/c1-8(2)6-12(19(32)33)22-18(31)15(9(3)24)23-17(30)11(4-5-13(25)26)21-16(29)10(20)7-14(27)28/h8-12,15,24H,4-7,20H2,1-3H3,(H,21,29)(H,22,31)(H,23,30)(H,25,26)(H,27,28)(H,32,33). The molecule has 0 radical (unpaired) electrons. The van der Waals surface area contributed by atoms with E-state index in [0.29, 0.717) is 0 Å². The van der Waals surface area contributed by atoms with Crippen LogP contribution in [-0.2, 0) is 28.8 Å². The van der Waals surface area contributed by atoms with Gasteiger partial charge in [-0.2, -0.15) is 0 Å². The Labute approximate surface area is 189 Å². The fourth-order valence-electron chi connectivity index (χ4n) is 2.71. The maximum Gasteiger partial charge on any atom is 0.326 e. The maximum atomic E-state index is 12.7. The maximum absolute atomic E-state index is 12.7. The number of hydrogen-bond donors (Lipinski definition) is 8. The molecule has 14 nitrogen and oxygen atoms in total. The van der Waals surface area contributed by atoms with Gasteiger partial charge in [0.1, 0.15) is 18.1 Å². The van der Waals surface area contributed by atoms with E-state index in [-0.39, 0.29) is 12.3 Å².